The molecule has 1 rings (SSSR count). The minimum absolute atomic E-state index is 0.137. The third-order valence-corrected chi connectivity index (χ3v) is 3.71. The van der Waals surface area contributed by atoms with E-state index >= 15 is 0 Å². The van der Waals surface area contributed by atoms with Crippen LogP contribution in [0, 0.1) is 5.41 Å². The summed E-state index contributed by atoms with van der Waals surface area (Å²) in [5.74, 6) is -0.137. The number of nitrogens with two attached hydrogens (primary N) is 1. The van der Waals surface area contributed by atoms with Gasteiger partial charge in [0, 0.05) is 12.2 Å². The fourth-order valence-corrected chi connectivity index (χ4v) is 2.07. The lowest BCUT2D eigenvalue weighted by molar-refractivity contribution is -0.119. The summed E-state index contributed by atoms with van der Waals surface area (Å²) in [6.45, 7) is 13.1. The summed E-state index contributed by atoms with van der Waals surface area (Å²) >= 11 is 0. The molecule has 1 unspecified atom stereocenters. The molecule has 1 atom stereocenters. The van der Waals surface area contributed by atoms with Gasteiger partial charge in [0.25, 0.3) is 0 Å². The fraction of sp³-hybridized carbons (Fsp3) is 0.588. The van der Waals surface area contributed by atoms with Crippen LogP contribution in [-0.4, -0.2) is 29.9 Å². The number of nitrogens with zero attached hydrogens (tertiary/aromatic N) is 1. The van der Waals surface area contributed by atoms with Crippen LogP contribution in [-0.2, 0) is 11.3 Å². The smallest absolute Gasteiger partial charge is 0.241 e. The summed E-state index contributed by atoms with van der Waals surface area (Å²) in [5.41, 5.74) is 7.74. The minimum Gasteiger partial charge on any atom is -0.325 e. The first-order valence-electron chi connectivity index (χ1n) is 7.65. The predicted octanol–water partition coefficient (Wildman–Crippen LogP) is 2.84. The maximum atomic E-state index is 12.2. The number of hydrogen-bond acceptors (Lipinski definition) is 3. The van der Waals surface area contributed by atoms with E-state index in [0.29, 0.717) is 0 Å². The third kappa shape index (κ3) is 5.48. The van der Waals surface area contributed by atoms with Crippen molar-refractivity contribution in [3.05, 3.63) is 29.8 Å². The standard InChI is InChI=1S/C17H29N3O/c1-6-20(7-2)12-13-9-8-10-14(11-13)19-16(21)15(18)17(3,4)5/h8-11,15H,6-7,12,18H2,1-5H3,(H,19,21). The molecule has 0 heterocycles. The van der Waals surface area contributed by atoms with Gasteiger partial charge in [-0.1, -0.05) is 46.8 Å². The molecule has 0 radical (unpaired) electrons. The normalized spacial score (nSPS) is 13.3. The van der Waals surface area contributed by atoms with Gasteiger partial charge in [-0.2, -0.15) is 0 Å². The van der Waals surface area contributed by atoms with Crippen LogP contribution < -0.4 is 11.1 Å². The first-order valence-corrected chi connectivity index (χ1v) is 7.65. The van der Waals surface area contributed by atoms with Gasteiger partial charge in [0.15, 0.2) is 0 Å². The Morgan fingerprint density at radius 1 is 1.29 bits per heavy atom. The van der Waals surface area contributed by atoms with E-state index in [1.165, 1.54) is 5.56 Å². The SMILES string of the molecule is CCN(CC)Cc1cccc(NC(=O)C(N)C(C)(C)C)c1. The third-order valence-electron chi connectivity index (χ3n) is 3.71. The fourth-order valence-electron chi connectivity index (χ4n) is 2.07. The molecule has 1 amide bonds. The van der Waals surface area contributed by atoms with Crippen LogP contribution >= 0.6 is 0 Å². The average molecular weight is 291 g/mol. The van der Waals surface area contributed by atoms with Crippen molar-refractivity contribution < 1.29 is 4.79 Å². The number of carbonyl (C=O) groups is 1. The molecule has 0 aromatic heterocycles. The Morgan fingerprint density at radius 3 is 2.43 bits per heavy atom. The maximum Gasteiger partial charge on any atom is 0.241 e. The van der Waals surface area contributed by atoms with Crippen molar-refractivity contribution in [3.8, 4) is 0 Å². The quantitative estimate of drug-likeness (QED) is 0.847. The Morgan fingerprint density at radius 2 is 1.90 bits per heavy atom. The van der Waals surface area contributed by atoms with Crippen LogP contribution in [0.3, 0.4) is 0 Å². The summed E-state index contributed by atoms with van der Waals surface area (Å²) in [4.78, 5) is 14.5. The van der Waals surface area contributed by atoms with Crippen molar-refractivity contribution in [2.24, 2.45) is 11.1 Å². The lowest BCUT2D eigenvalue weighted by atomic mass is 9.87. The summed E-state index contributed by atoms with van der Waals surface area (Å²) < 4.78 is 0. The molecule has 0 aliphatic carbocycles. The summed E-state index contributed by atoms with van der Waals surface area (Å²) in [7, 11) is 0. The van der Waals surface area contributed by atoms with Gasteiger partial charge in [0.2, 0.25) is 5.91 Å². The summed E-state index contributed by atoms with van der Waals surface area (Å²) in [6, 6.07) is 7.45. The number of nitrogens with one attached hydrogen (secondary N) is 1. The van der Waals surface area contributed by atoms with E-state index in [1.807, 2.05) is 39.0 Å². The minimum atomic E-state index is -0.524. The van der Waals surface area contributed by atoms with Crippen molar-refractivity contribution in [2.45, 2.75) is 47.2 Å². The van der Waals surface area contributed by atoms with Gasteiger partial charge in [-0.15, -0.1) is 0 Å². The van der Waals surface area contributed by atoms with Crippen LogP contribution in [0.25, 0.3) is 0 Å². The summed E-state index contributed by atoms with van der Waals surface area (Å²) in [5, 5.41) is 2.92. The second-order valence-corrected chi connectivity index (χ2v) is 6.49. The lowest BCUT2D eigenvalue weighted by Crippen LogP contribution is -2.45. The average Bonchev–Trinajstić information content (AvgIpc) is 2.43. The zero-order valence-electron chi connectivity index (χ0n) is 13.9. The Kier molecular flexibility index (Phi) is 6.37. The highest BCUT2D eigenvalue weighted by Crippen LogP contribution is 2.19. The molecule has 0 saturated heterocycles. The highest BCUT2D eigenvalue weighted by Gasteiger charge is 2.27. The monoisotopic (exact) mass is 291 g/mol. The zero-order chi connectivity index (χ0) is 16.0. The largest absolute Gasteiger partial charge is 0.325 e. The Balaban J connectivity index is 2.75. The van der Waals surface area contributed by atoms with Gasteiger partial charge in [0.05, 0.1) is 6.04 Å². The van der Waals surface area contributed by atoms with Crippen LogP contribution in [0.2, 0.25) is 0 Å². The number of rotatable bonds is 6. The molecule has 0 aliphatic rings. The number of hydrogen-bond donors (Lipinski definition) is 2. The molecule has 0 fully saturated rings. The first kappa shape index (κ1) is 17.7. The molecule has 118 valence electrons. The molecular formula is C17H29N3O. The predicted molar refractivity (Wildman–Crippen MR) is 89.1 cm³/mol. The van der Waals surface area contributed by atoms with Crippen LogP contribution in [0.1, 0.15) is 40.2 Å². The number of carbonyl (C=O) groups excluding carboxylic acids is 1. The van der Waals surface area contributed by atoms with Gasteiger partial charge in [-0.25, -0.2) is 0 Å². The number of amides is 1. The van der Waals surface area contributed by atoms with Crippen molar-refractivity contribution >= 4 is 11.6 Å². The molecule has 3 N–H and O–H groups in total. The van der Waals surface area contributed by atoms with Crippen molar-refractivity contribution in [1.82, 2.24) is 4.90 Å². The van der Waals surface area contributed by atoms with Gasteiger partial charge < -0.3 is 11.1 Å². The second-order valence-electron chi connectivity index (χ2n) is 6.49. The maximum absolute atomic E-state index is 12.2. The molecule has 0 bridgehead atoms. The Bertz CT molecular complexity index is 461. The molecule has 4 heteroatoms. The highest BCUT2D eigenvalue weighted by atomic mass is 16.2. The van der Waals surface area contributed by atoms with Crippen molar-refractivity contribution in [1.29, 1.82) is 0 Å². The molecule has 1 aromatic rings. The van der Waals surface area contributed by atoms with E-state index in [9.17, 15) is 4.79 Å². The van der Waals surface area contributed by atoms with E-state index < -0.39 is 6.04 Å². The van der Waals surface area contributed by atoms with Crippen molar-refractivity contribution in [2.75, 3.05) is 18.4 Å². The molecule has 4 nitrogen and oxygen atoms in total. The van der Waals surface area contributed by atoms with Gasteiger partial charge in [0.1, 0.15) is 0 Å². The molecule has 0 aliphatic heterocycles. The number of benzene rings is 1. The van der Waals surface area contributed by atoms with E-state index in [1.54, 1.807) is 0 Å². The van der Waals surface area contributed by atoms with Crippen LogP contribution in [0.15, 0.2) is 24.3 Å². The number of anilines is 1. The second kappa shape index (κ2) is 7.57. The van der Waals surface area contributed by atoms with E-state index in [2.05, 4.69) is 30.1 Å². The van der Waals surface area contributed by atoms with Crippen LogP contribution in [0.5, 0.6) is 0 Å². The van der Waals surface area contributed by atoms with E-state index in [0.717, 1.165) is 25.3 Å². The Labute approximate surface area is 128 Å². The topological polar surface area (TPSA) is 58.4 Å². The van der Waals surface area contributed by atoms with E-state index in [-0.39, 0.29) is 11.3 Å². The van der Waals surface area contributed by atoms with E-state index in [4.69, 9.17) is 5.73 Å². The highest BCUT2D eigenvalue weighted by molar-refractivity contribution is 5.95. The molecule has 0 saturated carbocycles. The van der Waals surface area contributed by atoms with Gasteiger partial charge in [-0.05, 0) is 36.2 Å². The zero-order valence-corrected chi connectivity index (χ0v) is 13.9. The van der Waals surface area contributed by atoms with Crippen molar-refractivity contribution in [3.63, 3.8) is 0 Å². The van der Waals surface area contributed by atoms with Gasteiger partial charge in [-0.3, -0.25) is 9.69 Å². The molecule has 0 spiro atoms. The lowest BCUT2D eigenvalue weighted by Gasteiger charge is -2.26. The Hall–Kier alpha value is -1.39. The first-order chi connectivity index (χ1) is 9.77. The van der Waals surface area contributed by atoms with Crippen LogP contribution in [0.4, 0.5) is 5.69 Å². The molecule has 21 heavy (non-hydrogen) atoms. The van der Waals surface area contributed by atoms with Gasteiger partial charge >= 0.3 is 0 Å². The summed E-state index contributed by atoms with van der Waals surface area (Å²) in [6.07, 6.45) is 0. The molecule has 1 aromatic carbocycles. The molecular weight excluding hydrogens is 262 g/mol.